The molecule has 0 radical (unpaired) electrons. The van der Waals surface area contributed by atoms with Gasteiger partial charge < -0.3 is 20.0 Å². The predicted octanol–water partition coefficient (Wildman–Crippen LogP) is 1.22. The normalized spacial score (nSPS) is 13.7. The van der Waals surface area contributed by atoms with Gasteiger partial charge in [-0.2, -0.15) is 0 Å². The lowest BCUT2D eigenvalue weighted by Crippen LogP contribution is -2.22. The van der Waals surface area contributed by atoms with Crippen molar-refractivity contribution in [2.75, 3.05) is 6.61 Å². The minimum absolute atomic E-state index is 0.00283. The van der Waals surface area contributed by atoms with Crippen molar-refractivity contribution < 1.29 is 19.6 Å². The van der Waals surface area contributed by atoms with Gasteiger partial charge >= 0.3 is 11.8 Å². The molecule has 98 valence electrons. The molecule has 7 nitrogen and oxygen atoms in total. The van der Waals surface area contributed by atoms with Crippen LogP contribution < -0.4 is 0 Å². The second-order valence-corrected chi connectivity index (χ2v) is 3.66. The van der Waals surface area contributed by atoms with E-state index in [-0.39, 0.29) is 12.2 Å². The SMILES string of the molecule is CCOC(=O)C(C)C(O)c1cccnc1[N+](=O)[O-]. The van der Waals surface area contributed by atoms with Crippen LogP contribution in [0.1, 0.15) is 25.5 Å². The minimum atomic E-state index is -1.32. The van der Waals surface area contributed by atoms with Crippen LogP contribution in [0.25, 0.3) is 0 Å². The summed E-state index contributed by atoms with van der Waals surface area (Å²) in [6.07, 6.45) is -0.0678. The van der Waals surface area contributed by atoms with Gasteiger partial charge in [-0.05, 0) is 35.9 Å². The third-order valence-electron chi connectivity index (χ3n) is 2.44. The summed E-state index contributed by atoms with van der Waals surface area (Å²) in [5.74, 6) is -1.96. The van der Waals surface area contributed by atoms with Crippen LogP contribution in [0.2, 0.25) is 0 Å². The zero-order valence-corrected chi connectivity index (χ0v) is 10.1. The lowest BCUT2D eigenvalue weighted by atomic mass is 9.98. The highest BCUT2D eigenvalue weighted by atomic mass is 16.6. The minimum Gasteiger partial charge on any atom is -0.466 e. The summed E-state index contributed by atoms with van der Waals surface area (Å²) in [5, 5.41) is 20.7. The first kappa shape index (κ1) is 14.0. The van der Waals surface area contributed by atoms with Gasteiger partial charge in [0.15, 0.2) is 0 Å². The Morgan fingerprint density at radius 3 is 2.89 bits per heavy atom. The highest BCUT2D eigenvalue weighted by molar-refractivity contribution is 5.73. The highest BCUT2D eigenvalue weighted by Gasteiger charge is 2.30. The average Bonchev–Trinajstić information content (AvgIpc) is 2.37. The number of hydrogen-bond acceptors (Lipinski definition) is 6. The number of aliphatic hydroxyl groups excluding tert-OH is 1. The maximum absolute atomic E-state index is 11.5. The molecule has 0 bridgehead atoms. The zero-order valence-electron chi connectivity index (χ0n) is 10.1. The van der Waals surface area contributed by atoms with Gasteiger partial charge in [0.25, 0.3) is 0 Å². The molecule has 2 unspecified atom stereocenters. The molecule has 0 aliphatic heterocycles. The predicted molar refractivity (Wildman–Crippen MR) is 61.6 cm³/mol. The van der Waals surface area contributed by atoms with Gasteiger partial charge in [-0.15, -0.1) is 0 Å². The molecule has 1 aromatic rings. The van der Waals surface area contributed by atoms with Crippen molar-refractivity contribution in [1.82, 2.24) is 4.98 Å². The summed E-state index contributed by atoms with van der Waals surface area (Å²) in [6.45, 7) is 3.27. The first-order valence-electron chi connectivity index (χ1n) is 5.43. The number of carbonyl (C=O) groups excluding carboxylic acids is 1. The van der Waals surface area contributed by atoms with E-state index in [9.17, 15) is 20.0 Å². The Labute approximate surface area is 104 Å². The van der Waals surface area contributed by atoms with Crippen molar-refractivity contribution in [3.05, 3.63) is 34.0 Å². The Morgan fingerprint density at radius 2 is 2.33 bits per heavy atom. The molecule has 7 heteroatoms. The fraction of sp³-hybridized carbons (Fsp3) is 0.455. The van der Waals surface area contributed by atoms with E-state index in [4.69, 9.17) is 4.74 Å². The van der Waals surface area contributed by atoms with Crippen molar-refractivity contribution in [3.8, 4) is 0 Å². The largest absolute Gasteiger partial charge is 0.466 e. The van der Waals surface area contributed by atoms with E-state index in [2.05, 4.69) is 4.98 Å². The topological polar surface area (TPSA) is 103 Å². The zero-order chi connectivity index (χ0) is 13.7. The molecule has 1 N–H and O–H groups in total. The monoisotopic (exact) mass is 254 g/mol. The molecule has 0 aliphatic rings. The van der Waals surface area contributed by atoms with Crippen molar-refractivity contribution in [2.24, 2.45) is 5.92 Å². The molecule has 18 heavy (non-hydrogen) atoms. The molecule has 0 aromatic carbocycles. The van der Waals surface area contributed by atoms with E-state index in [1.807, 2.05) is 0 Å². The fourth-order valence-corrected chi connectivity index (χ4v) is 1.46. The molecular weight excluding hydrogens is 240 g/mol. The number of nitrogens with zero attached hydrogens (tertiary/aromatic N) is 2. The Balaban J connectivity index is 2.99. The van der Waals surface area contributed by atoms with E-state index in [0.717, 1.165) is 0 Å². The molecule has 2 atom stereocenters. The van der Waals surface area contributed by atoms with Gasteiger partial charge in [0.05, 0.1) is 18.1 Å². The van der Waals surface area contributed by atoms with Crippen LogP contribution in [0.15, 0.2) is 18.3 Å². The summed E-state index contributed by atoms with van der Waals surface area (Å²) in [7, 11) is 0. The summed E-state index contributed by atoms with van der Waals surface area (Å²) in [4.78, 5) is 25.1. The van der Waals surface area contributed by atoms with Crippen molar-refractivity contribution in [3.63, 3.8) is 0 Å². The van der Waals surface area contributed by atoms with E-state index < -0.39 is 28.7 Å². The van der Waals surface area contributed by atoms with Crippen LogP contribution in [0, 0.1) is 16.0 Å². The summed E-state index contributed by atoms with van der Waals surface area (Å²) >= 11 is 0. The lowest BCUT2D eigenvalue weighted by molar-refractivity contribution is -0.391. The number of aliphatic hydroxyl groups is 1. The molecular formula is C11H14N2O5. The summed E-state index contributed by atoms with van der Waals surface area (Å²) < 4.78 is 4.76. The molecule has 0 amide bonds. The van der Waals surface area contributed by atoms with Crippen LogP contribution >= 0.6 is 0 Å². The van der Waals surface area contributed by atoms with Crippen molar-refractivity contribution in [2.45, 2.75) is 20.0 Å². The molecule has 0 spiro atoms. The van der Waals surface area contributed by atoms with Gasteiger partial charge in [-0.3, -0.25) is 4.79 Å². The Bertz CT molecular complexity index is 449. The van der Waals surface area contributed by atoms with E-state index in [0.29, 0.717) is 0 Å². The van der Waals surface area contributed by atoms with Crippen molar-refractivity contribution >= 4 is 11.8 Å². The molecule has 0 fully saturated rings. The first-order chi connectivity index (χ1) is 8.49. The van der Waals surface area contributed by atoms with Gasteiger partial charge in [-0.1, -0.05) is 0 Å². The fourth-order valence-electron chi connectivity index (χ4n) is 1.46. The molecule has 1 rings (SSSR count). The molecule has 0 saturated heterocycles. The standard InChI is InChI=1S/C11H14N2O5/c1-3-18-11(15)7(2)9(14)8-5-4-6-12-10(8)13(16)17/h4-7,9,14H,3H2,1-2H3. The van der Waals surface area contributed by atoms with Gasteiger partial charge in [0, 0.05) is 0 Å². The van der Waals surface area contributed by atoms with Crippen LogP contribution in [0.3, 0.4) is 0 Å². The average molecular weight is 254 g/mol. The number of rotatable bonds is 5. The quantitative estimate of drug-likeness (QED) is 0.481. The van der Waals surface area contributed by atoms with Gasteiger partial charge in [0.1, 0.15) is 12.3 Å². The maximum Gasteiger partial charge on any atom is 0.369 e. The first-order valence-corrected chi connectivity index (χ1v) is 5.43. The van der Waals surface area contributed by atoms with E-state index in [1.165, 1.54) is 25.3 Å². The third-order valence-corrected chi connectivity index (χ3v) is 2.44. The Morgan fingerprint density at radius 1 is 1.67 bits per heavy atom. The second-order valence-electron chi connectivity index (χ2n) is 3.66. The maximum atomic E-state index is 11.5. The van der Waals surface area contributed by atoms with Crippen LogP contribution in [0.5, 0.6) is 0 Å². The smallest absolute Gasteiger partial charge is 0.369 e. The number of pyridine rings is 1. The number of aromatic nitrogens is 1. The number of ether oxygens (including phenoxy) is 1. The Hall–Kier alpha value is -2.02. The summed E-state index contributed by atoms with van der Waals surface area (Å²) in [5.41, 5.74) is 0.00283. The number of hydrogen-bond donors (Lipinski definition) is 1. The van der Waals surface area contributed by atoms with Crippen LogP contribution in [-0.4, -0.2) is 27.6 Å². The lowest BCUT2D eigenvalue weighted by Gasteiger charge is -2.17. The number of nitro groups is 1. The van der Waals surface area contributed by atoms with Crippen molar-refractivity contribution in [1.29, 1.82) is 0 Å². The van der Waals surface area contributed by atoms with Crippen LogP contribution in [0.4, 0.5) is 5.82 Å². The van der Waals surface area contributed by atoms with Gasteiger partial charge in [0.2, 0.25) is 0 Å². The van der Waals surface area contributed by atoms with E-state index in [1.54, 1.807) is 6.92 Å². The number of esters is 1. The highest BCUT2D eigenvalue weighted by Crippen LogP contribution is 2.28. The Kier molecular flexibility index (Phi) is 4.73. The summed E-state index contributed by atoms with van der Waals surface area (Å²) in [6, 6.07) is 2.83. The molecule has 1 aromatic heterocycles. The third kappa shape index (κ3) is 3.01. The molecule has 0 saturated carbocycles. The molecule has 0 aliphatic carbocycles. The van der Waals surface area contributed by atoms with Gasteiger partial charge in [-0.25, -0.2) is 0 Å². The van der Waals surface area contributed by atoms with E-state index >= 15 is 0 Å². The van der Waals surface area contributed by atoms with Crippen LogP contribution in [-0.2, 0) is 9.53 Å². The number of carbonyl (C=O) groups is 1. The second kappa shape index (κ2) is 6.06. The molecule has 1 heterocycles.